The Morgan fingerprint density at radius 3 is 3.00 bits per heavy atom. The van der Waals surface area contributed by atoms with E-state index in [2.05, 4.69) is 20.5 Å². The van der Waals surface area contributed by atoms with Crippen molar-refractivity contribution >= 4 is 5.97 Å². The van der Waals surface area contributed by atoms with Crippen LogP contribution in [0.3, 0.4) is 0 Å². The van der Waals surface area contributed by atoms with E-state index in [1.165, 1.54) is 4.68 Å². The van der Waals surface area contributed by atoms with Crippen molar-refractivity contribution in [1.29, 1.82) is 0 Å². The molecule has 76 valence electrons. The van der Waals surface area contributed by atoms with E-state index in [1.54, 1.807) is 24.4 Å². The molecule has 0 fully saturated rings. The van der Waals surface area contributed by atoms with Crippen LogP contribution in [0.15, 0.2) is 24.4 Å². The van der Waals surface area contributed by atoms with Crippen LogP contribution < -0.4 is 0 Å². The molecule has 0 atom stereocenters. The van der Waals surface area contributed by atoms with Crippen molar-refractivity contribution in [1.82, 2.24) is 25.2 Å². The molecule has 0 aliphatic rings. The molecule has 0 saturated heterocycles. The van der Waals surface area contributed by atoms with Gasteiger partial charge in [-0.25, -0.2) is 4.98 Å². The minimum Gasteiger partial charge on any atom is -0.481 e. The lowest BCUT2D eigenvalue weighted by molar-refractivity contribution is -0.136. The predicted octanol–water partition coefficient (Wildman–Crippen LogP) is -0.316. The molecule has 0 saturated carbocycles. The Hall–Kier alpha value is -2.31. The van der Waals surface area contributed by atoms with Crippen molar-refractivity contribution in [3.8, 4) is 5.82 Å². The summed E-state index contributed by atoms with van der Waals surface area (Å²) in [5.74, 6) is -0.234. The first-order valence-corrected chi connectivity index (χ1v) is 4.18. The summed E-state index contributed by atoms with van der Waals surface area (Å²) in [6.45, 7) is 0. The maximum atomic E-state index is 10.5. The van der Waals surface area contributed by atoms with Crippen molar-refractivity contribution in [2.75, 3.05) is 0 Å². The molecule has 7 nitrogen and oxygen atoms in total. The van der Waals surface area contributed by atoms with Crippen LogP contribution in [-0.2, 0) is 11.2 Å². The molecule has 0 aliphatic heterocycles. The van der Waals surface area contributed by atoms with Crippen molar-refractivity contribution in [2.24, 2.45) is 0 Å². The molecule has 2 aromatic rings. The van der Waals surface area contributed by atoms with Gasteiger partial charge in [0.25, 0.3) is 0 Å². The second kappa shape index (κ2) is 3.82. The van der Waals surface area contributed by atoms with Gasteiger partial charge in [-0.2, -0.15) is 4.68 Å². The molecule has 0 amide bonds. The van der Waals surface area contributed by atoms with Crippen molar-refractivity contribution in [3.63, 3.8) is 0 Å². The average molecular weight is 205 g/mol. The molecule has 2 rings (SSSR count). The Balaban J connectivity index is 2.37. The highest BCUT2D eigenvalue weighted by Gasteiger charge is 2.11. The van der Waals surface area contributed by atoms with Gasteiger partial charge < -0.3 is 5.11 Å². The van der Waals surface area contributed by atoms with Crippen LogP contribution in [0.1, 0.15) is 5.82 Å². The largest absolute Gasteiger partial charge is 0.481 e. The van der Waals surface area contributed by atoms with Gasteiger partial charge in [0.05, 0.1) is 0 Å². The Kier molecular flexibility index (Phi) is 2.36. The zero-order valence-corrected chi connectivity index (χ0v) is 7.61. The van der Waals surface area contributed by atoms with Crippen LogP contribution in [0.5, 0.6) is 0 Å². The lowest BCUT2D eigenvalue weighted by atomic mass is 10.4. The zero-order valence-electron chi connectivity index (χ0n) is 7.61. The first-order chi connectivity index (χ1) is 7.27. The molecule has 0 bridgehead atoms. The third-order valence-electron chi connectivity index (χ3n) is 1.71. The minimum absolute atomic E-state index is 0.233. The molecule has 0 unspecified atom stereocenters. The van der Waals surface area contributed by atoms with E-state index in [9.17, 15) is 4.79 Å². The molecular weight excluding hydrogens is 198 g/mol. The number of pyridine rings is 1. The highest BCUT2D eigenvalue weighted by Crippen LogP contribution is 2.03. The number of tetrazole rings is 1. The third-order valence-corrected chi connectivity index (χ3v) is 1.71. The van der Waals surface area contributed by atoms with Gasteiger partial charge in [0.15, 0.2) is 11.6 Å². The highest BCUT2D eigenvalue weighted by atomic mass is 16.4. The lowest BCUT2D eigenvalue weighted by Crippen LogP contribution is -2.09. The van der Waals surface area contributed by atoms with Gasteiger partial charge in [0.1, 0.15) is 6.42 Å². The summed E-state index contributed by atoms with van der Waals surface area (Å²) >= 11 is 0. The normalized spacial score (nSPS) is 10.1. The summed E-state index contributed by atoms with van der Waals surface area (Å²) in [7, 11) is 0. The van der Waals surface area contributed by atoms with E-state index in [1.807, 2.05) is 0 Å². The number of carbonyl (C=O) groups is 1. The van der Waals surface area contributed by atoms with Crippen molar-refractivity contribution in [3.05, 3.63) is 30.2 Å². The van der Waals surface area contributed by atoms with Gasteiger partial charge in [-0.3, -0.25) is 4.79 Å². The monoisotopic (exact) mass is 205 g/mol. The van der Waals surface area contributed by atoms with Gasteiger partial charge in [-0.05, 0) is 22.6 Å². The first kappa shape index (κ1) is 9.25. The second-order valence-corrected chi connectivity index (χ2v) is 2.77. The Bertz CT molecular complexity index is 467. The highest BCUT2D eigenvalue weighted by molar-refractivity contribution is 5.69. The maximum absolute atomic E-state index is 10.5. The summed E-state index contributed by atoms with van der Waals surface area (Å²) in [5.41, 5.74) is 0. The zero-order chi connectivity index (χ0) is 10.7. The predicted molar refractivity (Wildman–Crippen MR) is 48.3 cm³/mol. The molecule has 15 heavy (non-hydrogen) atoms. The standard InChI is InChI=1S/C8H7N5O2/c14-8(15)5-7-10-11-12-13(7)6-3-1-2-4-9-6/h1-4H,5H2,(H,14,15). The molecule has 2 aromatic heterocycles. The molecule has 1 N–H and O–H groups in total. The van der Waals surface area contributed by atoms with Crippen molar-refractivity contribution < 1.29 is 9.90 Å². The fourth-order valence-electron chi connectivity index (χ4n) is 1.11. The second-order valence-electron chi connectivity index (χ2n) is 2.77. The van der Waals surface area contributed by atoms with Crippen LogP contribution in [0.25, 0.3) is 5.82 Å². The summed E-state index contributed by atoms with van der Waals surface area (Å²) in [6.07, 6.45) is 1.35. The number of rotatable bonds is 3. The van der Waals surface area contributed by atoms with E-state index < -0.39 is 5.97 Å². The van der Waals surface area contributed by atoms with Crippen LogP contribution in [-0.4, -0.2) is 36.3 Å². The fraction of sp³-hybridized carbons (Fsp3) is 0.125. The quantitative estimate of drug-likeness (QED) is 0.738. The molecule has 0 radical (unpaired) electrons. The van der Waals surface area contributed by atoms with Crippen LogP contribution in [0.4, 0.5) is 0 Å². The number of aliphatic carboxylic acids is 1. The summed E-state index contributed by atoms with van der Waals surface area (Å²) in [5, 5.41) is 19.3. The molecule has 0 aromatic carbocycles. The van der Waals surface area contributed by atoms with Gasteiger partial charge in [0.2, 0.25) is 0 Å². The number of carboxylic acid groups (broad SMARTS) is 1. The van der Waals surface area contributed by atoms with Crippen LogP contribution in [0.2, 0.25) is 0 Å². The average Bonchev–Trinajstić information content (AvgIpc) is 2.66. The molecular formula is C8H7N5O2. The smallest absolute Gasteiger partial charge is 0.311 e. The third kappa shape index (κ3) is 1.96. The topological polar surface area (TPSA) is 93.8 Å². The van der Waals surface area contributed by atoms with Crippen LogP contribution in [0, 0.1) is 0 Å². The maximum Gasteiger partial charge on any atom is 0.311 e. The molecule has 0 aliphatic carbocycles. The van der Waals surface area contributed by atoms with Gasteiger partial charge in [-0.1, -0.05) is 6.07 Å². The number of hydrogen-bond acceptors (Lipinski definition) is 5. The summed E-state index contributed by atoms with van der Waals surface area (Å²) in [6, 6.07) is 5.22. The van der Waals surface area contributed by atoms with Crippen LogP contribution >= 0.6 is 0 Å². The summed E-state index contributed by atoms with van der Waals surface area (Å²) < 4.78 is 1.30. The van der Waals surface area contributed by atoms with E-state index in [0.717, 1.165) is 0 Å². The number of hydrogen-bond donors (Lipinski definition) is 1. The molecule has 0 spiro atoms. The Morgan fingerprint density at radius 1 is 1.47 bits per heavy atom. The van der Waals surface area contributed by atoms with Gasteiger partial charge >= 0.3 is 5.97 Å². The first-order valence-electron chi connectivity index (χ1n) is 4.18. The lowest BCUT2D eigenvalue weighted by Gasteiger charge is -2.00. The molecule has 7 heteroatoms. The number of nitrogens with zero attached hydrogens (tertiary/aromatic N) is 5. The van der Waals surface area contributed by atoms with Crippen molar-refractivity contribution in [2.45, 2.75) is 6.42 Å². The fourth-order valence-corrected chi connectivity index (χ4v) is 1.11. The summed E-state index contributed by atoms with van der Waals surface area (Å²) in [4.78, 5) is 14.5. The van der Waals surface area contributed by atoms with Gasteiger partial charge in [0, 0.05) is 6.20 Å². The van der Waals surface area contributed by atoms with E-state index in [0.29, 0.717) is 5.82 Å². The number of aromatic nitrogens is 5. The minimum atomic E-state index is -0.984. The Morgan fingerprint density at radius 2 is 2.33 bits per heavy atom. The SMILES string of the molecule is O=C(O)Cc1nnnn1-c1ccccn1. The Labute approximate surface area is 84.4 Å². The van der Waals surface area contributed by atoms with E-state index in [4.69, 9.17) is 5.11 Å². The van der Waals surface area contributed by atoms with E-state index in [-0.39, 0.29) is 12.2 Å². The van der Waals surface area contributed by atoms with Gasteiger partial charge in [-0.15, -0.1) is 5.10 Å². The number of carboxylic acids is 1. The van der Waals surface area contributed by atoms with E-state index >= 15 is 0 Å². The molecule has 2 heterocycles.